The van der Waals surface area contributed by atoms with Crippen LogP contribution in [0.1, 0.15) is 31.7 Å². The van der Waals surface area contributed by atoms with E-state index in [4.69, 9.17) is 0 Å². The van der Waals surface area contributed by atoms with Crippen LogP contribution in [0.4, 0.5) is 0 Å². The van der Waals surface area contributed by atoms with E-state index in [0.717, 1.165) is 18.4 Å². The summed E-state index contributed by atoms with van der Waals surface area (Å²) in [7, 11) is -3.20. The van der Waals surface area contributed by atoms with Gasteiger partial charge in [0, 0.05) is 30.1 Å². The Balaban J connectivity index is 1.77. The predicted molar refractivity (Wildman–Crippen MR) is 91.0 cm³/mol. The lowest BCUT2D eigenvalue weighted by Gasteiger charge is -2.29. The molecule has 2 aromatic rings. The third-order valence-corrected chi connectivity index (χ3v) is 4.97. The van der Waals surface area contributed by atoms with Gasteiger partial charge in [-0.2, -0.15) is 5.10 Å². The first-order valence-corrected chi connectivity index (χ1v) is 9.79. The highest BCUT2D eigenvalue weighted by atomic mass is 32.2. The first kappa shape index (κ1) is 16.8. The van der Waals surface area contributed by atoms with Crippen molar-refractivity contribution in [2.45, 2.75) is 37.8 Å². The summed E-state index contributed by atoms with van der Waals surface area (Å²) in [6.45, 7) is 0. The molecule has 7 nitrogen and oxygen atoms in total. The van der Waals surface area contributed by atoms with Crippen LogP contribution in [0.5, 0.6) is 0 Å². The van der Waals surface area contributed by atoms with Crippen molar-refractivity contribution in [3.8, 4) is 11.3 Å². The molecule has 8 heteroatoms. The SMILES string of the molecule is CS(=O)(=O)NC1CCC(n2nc(-c3cccnc3)ccc2=O)CC1. The molecule has 2 heterocycles. The number of pyridine rings is 1. The molecular formula is C16H20N4O3S. The Bertz CT molecular complexity index is 856. The molecule has 1 N–H and O–H groups in total. The molecule has 0 saturated heterocycles. The molecule has 0 bridgehead atoms. The Morgan fingerprint density at radius 3 is 2.54 bits per heavy atom. The van der Waals surface area contributed by atoms with E-state index in [1.807, 2.05) is 12.1 Å². The minimum Gasteiger partial charge on any atom is -0.268 e. The molecule has 1 aliphatic carbocycles. The first-order chi connectivity index (χ1) is 11.4. The molecular weight excluding hydrogens is 328 g/mol. The number of hydrogen-bond donors (Lipinski definition) is 1. The normalized spacial score (nSPS) is 21.5. The van der Waals surface area contributed by atoms with Gasteiger partial charge < -0.3 is 0 Å². The molecule has 2 aromatic heterocycles. The van der Waals surface area contributed by atoms with Crippen molar-refractivity contribution in [3.05, 3.63) is 47.0 Å². The molecule has 3 rings (SSSR count). The average molecular weight is 348 g/mol. The van der Waals surface area contributed by atoms with Gasteiger partial charge in [-0.25, -0.2) is 17.8 Å². The van der Waals surface area contributed by atoms with Crippen LogP contribution in [0.25, 0.3) is 11.3 Å². The fourth-order valence-electron chi connectivity index (χ4n) is 3.10. The van der Waals surface area contributed by atoms with Gasteiger partial charge in [-0.1, -0.05) is 0 Å². The molecule has 0 aliphatic heterocycles. The van der Waals surface area contributed by atoms with Gasteiger partial charge in [-0.05, 0) is 43.9 Å². The Labute approximate surface area is 140 Å². The van der Waals surface area contributed by atoms with Gasteiger partial charge in [0.15, 0.2) is 0 Å². The van der Waals surface area contributed by atoms with E-state index in [2.05, 4.69) is 14.8 Å². The Morgan fingerprint density at radius 1 is 1.17 bits per heavy atom. The van der Waals surface area contributed by atoms with Gasteiger partial charge in [-0.3, -0.25) is 9.78 Å². The van der Waals surface area contributed by atoms with Crippen LogP contribution in [-0.4, -0.2) is 35.5 Å². The van der Waals surface area contributed by atoms with Gasteiger partial charge in [0.2, 0.25) is 10.0 Å². The molecule has 0 amide bonds. The molecule has 1 aliphatic rings. The van der Waals surface area contributed by atoms with Crippen molar-refractivity contribution in [1.82, 2.24) is 19.5 Å². The van der Waals surface area contributed by atoms with Crippen LogP contribution >= 0.6 is 0 Å². The van der Waals surface area contributed by atoms with Gasteiger partial charge in [0.05, 0.1) is 18.0 Å². The zero-order chi connectivity index (χ0) is 17.2. The van der Waals surface area contributed by atoms with E-state index < -0.39 is 10.0 Å². The number of sulfonamides is 1. The summed E-state index contributed by atoms with van der Waals surface area (Å²) in [6, 6.07) is 6.88. The van der Waals surface area contributed by atoms with Crippen LogP contribution in [0.3, 0.4) is 0 Å². The molecule has 24 heavy (non-hydrogen) atoms. The quantitative estimate of drug-likeness (QED) is 0.900. The molecule has 0 radical (unpaired) electrons. The Kier molecular flexibility index (Phi) is 4.77. The fraction of sp³-hybridized carbons (Fsp3) is 0.438. The summed E-state index contributed by atoms with van der Waals surface area (Å²) in [5.74, 6) is 0. The number of nitrogens with zero attached hydrogens (tertiary/aromatic N) is 3. The minimum absolute atomic E-state index is 0.00766. The van der Waals surface area contributed by atoms with Crippen LogP contribution in [0, 0.1) is 0 Å². The summed E-state index contributed by atoms with van der Waals surface area (Å²) in [5, 5.41) is 4.49. The standard InChI is InChI=1S/C16H20N4O3S/c1-24(22,23)19-13-4-6-14(7-5-13)20-16(21)9-8-15(18-20)12-3-2-10-17-11-12/h2-3,8-11,13-14,19H,4-7H2,1H3. The Hall–Kier alpha value is -2.06. The average Bonchev–Trinajstić information content (AvgIpc) is 2.56. The molecule has 0 unspecified atom stereocenters. The summed E-state index contributed by atoms with van der Waals surface area (Å²) < 4.78 is 26.8. The molecule has 1 saturated carbocycles. The monoisotopic (exact) mass is 348 g/mol. The fourth-order valence-corrected chi connectivity index (χ4v) is 3.94. The van der Waals surface area contributed by atoms with Crippen molar-refractivity contribution in [3.63, 3.8) is 0 Å². The highest BCUT2D eigenvalue weighted by Gasteiger charge is 2.25. The van der Waals surface area contributed by atoms with Crippen molar-refractivity contribution >= 4 is 10.0 Å². The highest BCUT2D eigenvalue weighted by Crippen LogP contribution is 2.27. The van der Waals surface area contributed by atoms with E-state index in [0.29, 0.717) is 18.5 Å². The molecule has 0 atom stereocenters. The maximum Gasteiger partial charge on any atom is 0.267 e. The molecule has 0 spiro atoms. The number of nitrogens with one attached hydrogen (secondary N) is 1. The van der Waals surface area contributed by atoms with Crippen LogP contribution in [0.2, 0.25) is 0 Å². The van der Waals surface area contributed by atoms with Crippen molar-refractivity contribution in [2.24, 2.45) is 0 Å². The van der Waals surface area contributed by atoms with Crippen molar-refractivity contribution in [2.75, 3.05) is 6.26 Å². The molecule has 0 aromatic carbocycles. The maximum atomic E-state index is 12.2. The third-order valence-electron chi connectivity index (χ3n) is 4.21. The zero-order valence-corrected chi connectivity index (χ0v) is 14.2. The maximum absolute atomic E-state index is 12.2. The minimum atomic E-state index is -3.20. The van der Waals surface area contributed by atoms with E-state index in [1.165, 1.54) is 17.0 Å². The second kappa shape index (κ2) is 6.82. The number of rotatable bonds is 4. The summed E-state index contributed by atoms with van der Waals surface area (Å²) in [4.78, 5) is 16.3. The predicted octanol–water partition coefficient (Wildman–Crippen LogP) is 1.34. The smallest absolute Gasteiger partial charge is 0.267 e. The lowest BCUT2D eigenvalue weighted by atomic mass is 9.92. The van der Waals surface area contributed by atoms with Crippen molar-refractivity contribution < 1.29 is 8.42 Å². The summed E-state index contributed by atoms with van der Waals surface area (Å²) in [6.07, 6.45) is 7.40. The van der Waals surface area contributed by atoms with E-state index >= 15 is 0 Å². The largest absolute Gasteiger partial charge is 0.268 e. The highest BCUT2D eigenvalue weighted by molar-refractivity contribution is 7.88. The summed E-state index contributed by atoms with van der Waals surface area (Å²) in [5.41, 5.74) is 1.43. The van der Waals surface area contributed by atoms with Gasteiger partial charge >= 0.3 is 0 Å². The topological polar surface area (TPSA) is 93.9 Å². The lowest BCUT2D eigenvalue weighted by Crippen LogP contribution is -2.39. The third kappa shape index (κ3) is 4.07. The van der Waals surface area contributed by atoms with Crippen molar-refractivity contribution in [1.29, 1.82) is 0 Å². The Morgan fingerprint density at radius 2 is 1.92 bits per heavy atom. The van der Waals surface area contributed by atoms with Crippen LogP contribution in [-0.2, 0) is 10.0 Å². The van der Waals surface area contributed by atoms with E-state index in [-0.39, 0.29) is 17.6 Å². The number of aromatic nitrogens is 3. The summed E-state index contributed by atoms with van der Waals surface area (Å²) >= 11 is 0. The number of hydrogen-bond acceptors (Lipinski definition) is 5. The lowest BCUT2D eigenvalue weighted by molar-refractivity contribution is 0.286. The van der Waals surface area contributed by atoms with Crippen LogP contribution in [0.15, 0.2) is 41.5 Å². The van der Waals surface area contributed by atoms with Gasteiger partial charge in [-0.15, -0.1) is 0 Å². The molecule has 128 valence electrons. The van der Waals surface area contributed by atoms with Crippen LogP contribution < -0.4 is 10.3 Å². The second-order valence-electron chi connectivity index (χ2n) is 6.14. The van der Waals surface area contributed by atoms with E-state index in [1.54, 1.807) is 18.5 Å². The van der Waals surface area contributed by atoms with Gasteiger partial charge in [0.25, 0.3) is 5.56 Å². The van der Waals surface area contributed by atoms with E-state index in [9.17, 15) is 13.2 Å². The van der Waals surface area contributed by atoms with Gasteiger partial charge in [0.1, 0.15) is 0 Å². The second-order valence-corrected chi connectivity index (χ2v) is 7.92. The zero-order valence-electron chi connectivity index (χ0n) is 13.4. The molecule has 1 fully saturated rings. The first-order valence-electron chi connectivity index (χ1n) is 7.90.